The molecule has 0 N–H and O–H groups in total. The van der Waals surface area contributed by atoms with Crippen LogP contribution in [0.3, 0.4) is 0 Å². The van der Waals surface area contributed by atoms with Crippen LogP contribution in [0.4, 0.5) is 13.2 Å². The summed E-state index contributed by atoms with van der Waals surface area (Å²) in [7, 11) is -3.65. The van der Waals surface area contributed by atoms with Gasteiger partial charge in [-0.3, -0.25) is 4.79 Å². The number of halogens is 3. The fourth-order valence-corrected chi connectivity index (χ4v) is 3.04. The first-order chi connectivity index (χ1) is 7.14. The fourth-order valence-electron chi connectivity index (χ4n) is 1.75. The van der Waals surface area contributed by atoms with Gasteiger partial charge in [0.05, 0.1) is 5.25 Å². The minimum absolute atomic E-state index is 0.0364. The molecule has 0 aromatic rings. The number of rotatable bonds is 2. The van der Waals surface area contributed by atoms with Crippen LogP contribution in [0.2, 0.25) is 0 Å². The van der Waals surface area contributed by atoms with E-state index < -0.39 is 33.0 Å². The molecule has 0 radical (unpaired) electrons. The van der Waals surface area contributed by atoms with Gasteiger partial charge in [0.1, 0.15) is 0 Å². The zero-order valence-electron chi connectivity index (χ0n) is 8.49. The number of hydrogen-bond acceptors (Lipinski definition) is 3. The average Bonchev–Trinajstić information content (AvgIpc) is 2.14. The van der Waals surface area contributed by atoms with E-state index in [1.165, 1.54) is 12.2 Å². The van der Waals surface area contributed by atoms with Crippen LogP contribution in [-0.2, 0) is 14.6 Å². The lowest BCUT2D eigenvalue weighted by molar-refractivity contribution is -0.175. The highest BCUT2D eigenvalue weighted by molar-refractivity contribution is 7.91. The van der Waals surface area contributed by atoms with E-state index in [9.17, 15) is 26.4 Å². The molecule has 16 heavy (non-hydrogen) atoms. The normalized spacial score (nSPS) is 26.8. The Labute approximate surface area is 91.2 Å². The van der Waals surface area contributed by atoms with Crippen LogP contribution in [0.1, 0.15) is 12.8 Å². The third-order valence-corrected chi connectivity index (χ3v) is 4.16. The van der Waals surface area contributed by atoms with Crippen LogP contribution in [0, 0.1) is 5.92 Å². The van der Waals surface area contributed by atoms with Crippen molar-refractivity contribution in [3.63, 3.8) is 0 Å². The Kier molecular flexibility index (Phi) is 3.47. The monoisotopic (exact) mass is 256 g/mol. The Morgan fingerprint density at radius 2 is 1.75 bits per heavy atom. The second-order valence-corrected chi connectivity index (χ2v) is 6.04. The summed E-state index contributed by atoms with van der Waals surface area (Å²) in [5, 5.41) is -1.26. The maximum atomic E-state index is 12.2. The molecule has 0 spiro atoms. The minimum atomic E-state index is -4.97. The molecule has 2 atom stereocenters. The summed E-state index contributed by atoms with van der Waals surface area (Å²) in [6, 6.07) is 0. The highest BCUT2D eigenvalue weighted by Gasteiger charge is 2.48. The SMILES string of the molecule is CS(=O)(=O)[C@H]1CC=CC[C@@H]1C(=O)C(F)(F)F. The van der Waals surface area contributed by atoms with Crippen molar-refractivity contribution in [1.29, 1.82) is 0 Å². The maximum absolute atomic E-state index is 12.2. The van der Waals surface area contributed by atoms with Gasteiger partial charge in [-0.1, -0.05) is 12.2 Å². The largest absolute Gasteiger partial charge is 0.450 e. The Hall–Kier alpha value is -0.850. The fraction of sp³-hybridized carbons (Fsp3) is 0.667. The van der Waals surface area contributed by atoms with E-state index >= 15 is 0 Å². The number of carbonyl (C=O) groups is 1. The third-order valence-electron chi connectivity index (χ3n) is 2.54. The molecule has 7 heteroatoms. The molecule has 0 aliphatic heterocycles. The van der Waals surface area contributed by atoms with Crippen molar-refractivity contribution >= 4 is 15.6 Å². The number of alkyl halides is 3. The van der Waals surface area contributed by atoms with Crippen molar-refractivity contribution in [3.8, 4) is 0 Å². The standard InChI is InChI=1S/C9H11F3O3S/c1-16(14,15)7-5-3-2-4-6(7)8(13)9(10,11)12/h2-3,6-7H,4-5H2,1H3/t6-,7-/m0/s1. The molecule has 0 aromatic heterocycles. The van der Waals surface area contributed by atoms with Crippen molar-refractivity contribution in [2.45, 2.75) is 24.3 Å². The van der Waals surface area contributed by atoms with Crippen LogP contribution in [0.5, 0.6) is 0 Å². The molecule has 3 nitrogen and oxygen atoms in total. The topological polar surface area (TPSA) is 51.2 Å². The van der Waals surface area contributed by atoms with Crippen LogP contribution in [0.25, 0.3) is 0 Å². The van der Waals surface area contributed by atoms with Crippen molar-refractivity contribution in [1.82, 2.24) is 0 Å². The molecule has 0 bridgehead atoms. The van der Waals surface area contributed by atoms with Crippen molar-refractivity contribution in [3.05, 3.63) is 12.2 Å². The molecule has 0 saturated carbocycles. The third kappa shape index (κ3) is 2.84. The lowest BCUT2D eigenvalue weighted by atomic mass is 9.89. The highest BCUT2D eigenvalue weighted by atomic mass is 32.2. The molecule has 0 fully saturated rings. The second-order valence-electron chi connectivity index (χ2n) is 3.78. The van der Waals surface area contributed by atoms with Crippen LogP contribution >= 0.6 is 0 Å². The lowest BCUT2D eigenvalue weighted by Crippen LogP contribution is -2.41. The summed E-state index contributed by atoms with van der Waals surface area (Å²) in [5.74, 6) is -3.45. The number of Topliss-reactive ketones (excluding diaryl/α,β-unsaturated/α-hetero) is 1. The summed E-state index contributed by atoms with van der Waals surface area (Å²) < 4.78 is 59.2. The van der Waals surface area contributed by atoms with Gasteiger partial charge < -0.3 is 0 Å². The van der Waals surface area contributed by atoms with Crippen LogP contribution in [0.15, 0.2) is 12.2 Å². The quantitative estimate of drug-likeness (QED) is 0.703. The Bertz CT molecular complexity index is 408. The zero-order valence-corrected chi connectivity index (χ0v) is 9.31. The zero-order chi connectivity index (χ0) is 12.6. The van der Waals surface area contributed by atoms with Gasteiger partial charge in [-0.05, 0) is 12.8 Å². The number of carbonyl (C=O) groups excluding carboxylic acids is 1. The molecule has 0 heterocycles. The molecule has 0 aromatic carbocycles. The molecule has 92 valence electrons. The van der Waals surface area contributed by atoms with E-state index in [-0.39, 0.29) is 12.8 Å². The summed E-state index contributed by atoms with van der Waals surface area (Å²) >= 11 is 0. The molecule has 0 saturated heterocycles. The Balaban J connectivity index is 3.03. The molecule has 1 aliphatic rings. The van der Waals surface area contributed by atoms with Gasteiger partial charge in [0.25, 0.3) is 0 Å². The van der Waals surface area contributed by atoms with E-state index in [0.29, 0.717) is 0 Å². The van der Waals surface area contributed by atoms with Gasteiger partial charge in [0.15, 0.2) is 9.84 Å². The van der Waals surface area contributed by atoms with E-state index in [1.54, 1.807) is 0 Å². The molecular formula is C9H11F3O3S. The van der Waals surface area contributed by atoms with Crippen molar-refractivity contribution < 1.29 is 26.4 Å². The van der Waals surface area contributed by atoms with E-state index in [0.717, 1.165) is 6.26 Å². The molecule has 1 aliphatic carbocycles. The smallest absolute Gasteiger partial charge is 0.289 e. The number of hydrogen-bond donors (Lipinski definition) is 0. The van der Waals surface area contributed by atoms with Crippen LogP contribution < -0.4 is 0 Å². The summed E-state index contributed by atoms with van der Waals surface area (Å²) in [6.07, 6.45) is -1.42. The van der Waals surface area contributed by atoms with Gasteiger partial charge in [0.2, 0.25) is 5.78 Å². The van der Waals surface area contributed by atoms with Gasteiger partial charge in [0, 0.05) is 12.2 Å². The highest BCUT2D eigenvalue weighted by Crippen LogP contribution is 2.31. The maximum Gasteiger partial charge on any atom is 0.450 e. The minimum Gasteiger partial charge on any atom is -0.289 e. The predicted molar refractivity (Wildman–Crippen MR) is 51.6 cm³/mol. The molecule has 0 unspecified atom stereocenters. The second kappa shape index (κ2) is 4.20. The Morgan fingerprint density at radius 3 is 2.19 bits per heavy atom. The summed E-state index contributed by atoms with van der Waals surface area (Å²) in [5.41, 5.74) is 0. The van der Waals surface area contributed by atoms with Gasteiger partial charge in [-0.15, -0.1) is 0 Å². The van der Waals surface area contributed by atoms with Gasteiger partial charge >= 0.3 is 6.18 Å². The Morgan fingerprint density at radius 1 is 1.25 bits per heavy atom. The van der Waals surface area contributed by atoms with E-state index in [2.05, 4.69) is 0 Å². The average molecular weight is 256 g/mol. The van der Waals surface area contributed by atoms with Gasteiger partial charge in [-0.25, -0.2) is 8.42 Å². The van der Waals surface area contributed by atoms with Crippen LogP contribution in [-0.4, -0.2) is 31.9 Å². The van der Waals surface area contributed by atoms with E-state index in [1.807, 2.05) is 0 Å². The van der Waals surface area contributed by atoms with E-state index in [4.69, 9.17) is 0 Å². The summed E-state index contributed by atoms with van der Waals surface area (Å²) in [4.78, 5) is 11.1. The first-order valence-electron chi connectivity index (χ1n) is 4.59. The summed E-state index contributed by atoms with van der Waals surface area (Å²) in [6.45, 7) is 0. The number of ketones is 1. The van der Waals surface area contributed by atoms with Crippen molar-refractivity contribution in [2.75, 3.05) is 6.26 Å². The van der Waals surface area contributed by atoms with Gasteiger partial charge in [-0.2, -0.15) is 13.2 Å². The number of allylic oxidation sites excluding steroid dienone is 2. The molecule has 0 amide bonds. The first kappa shape index (κ1) is 13.2. The predicted octanol–water partition coefficient (Wildman–Crippen LogP) is 1.50. The number of sulfone groups is 1. The molecular weight excluding hydrogens is 245 g/mol. The van der Waals surface area contributed by atoms with Crippen molar-refractivity contribution in [2.24, 2.45) is 5.92 Å². The molecule has 1 rings (SSSR count). The first-order valence-corrected chi connectivity index (χ1v) is 6.54. The lowest BCUT2D eigenvalue weighted by Gasteiger charge is -2.26.